The summed E-state index contributed by atoms with van der Waals surface area (Å²) in [5.41, 5.74) is -1.05. The van der Waals surface area contributed by atoms with Crippen molar-refractivity contribution >= 4 is 5.69 Å². The minimum absolute atomic E-state index is 0.0347. The maximum atomic E-state index is 14.4. The lowest BCUT2D eigenvalue weighted by Crippen LogP contribution is -2.52. The topological polar surface area (TPSA) is 56.5 Å². The number of nitrogens with zero attached hydrogens (tertiary/aromatic N) is 2. The van der Waals surface area contributed by atoms with Crippen molar-refractivity contribution in [2.45, 2.75) is 37.8 Å². The molecule has 4 nitrogen and oxygen atoms in total. The molecule has 1 aromatic carbocycles. The van der Waals surface area contributed by atoms with Gasteiger partial charge in [0.2, 0.25) is 0 Å². The molecule has 2 aliphatic rings. The second-order valence-corrected chi connectivity index (χ2v) is 6.59. The van der Waals surface area contributed by atoms with Crippen LogP contribution in [0.15, 0.2) is 12.1 Å². The van der Waals surface area contributed by atoms with Crippen molar-refractivity contribution < 1.29 is 18.6 Å². The van der Waals surface area contributed by atoms with Gasteiger partial charge in [-0.05, 0) is 38.3 Å². The number of anilines is 1. The zero-order chi connectivity index (χ0) is 16.6. The van der Waals surface area contributed by atoms with Crippen LogP contribution in [0.5, 0.6) is 0 Å². The minimum Gasteiger partial charge on any atom is -0.390 e. The van der Waals surface area contributed by atoms with Gasteiger partial charge in [0.25, 0.3) is 0 Å². The Labute approximate surface area is 134 Å². The fraction of sp³-hybridized carbons (Fsp3) is 0.588. The molecule has 2 saturated heterocycles. The van der Waals surface area contributed by atoms with Gasteiger partial charge in [0, 0.05) is 25.1 Å². The average Bonchev–Trinajstić information content (AvgIpc) is 2.94. The Morgan fingerprint density at radius 3 is 2.70 bits per heavy atom. The highest BCUT2D eigenvalue weighted by molar-refractivity contribution is 5.54. The minimum atomic E-state index is -0.912. The fourth-order valence-corrected chi connectivity index (χ4v) is 3.77. The summed E-state index contributed by atoms with van der Waals surface area (Å²) in [5, 5.41) is 19.5. The number of nitriles is 1. The lowest BCUT2D eigenvalue weighted by Gasteiger charge is -2.43. The lowest BCUT2D eigenvalue weighted by atomic mass is 9.79. The van der Waals surface area contributed by atoms with E-state index in [0.717, 1.165) is 25.0 Å². The molecule has 0 amide bonds. The first-order chi connectivity index (χ1) is 10.9. The van der Waals surface area contributed by atoms with Crippen LogP contribution in [0.2, 0.25) is 0 Å². The molecule has 2 aliphatic heterocycles. The quantitative estimate of drug-likeness (QED) is 0.909. The molecule has 6 heteroatoms. The van der Waals surface area contributed by atoms with Gasteiger partial charge < -0.3 is 14.7 Å². The molecule has 0 aliphatic carbocycles. The summed E-state index contributed by atoms with van der Waals surface area (Å²) in [4.78, 5) is 1.69. The van der Waals surface area contributed by atoms with Crippen LogP contribution in [-0.4, -0.2) is 36.5 Å². The molecular weight excluding hydrogens is 302 g/mol. The molecule has 0 radical (unpaired) electrons. The number of rotatable bonds is 2. The van der Waals surface area contributed by atoms with Crippen LogP contribution in [0.4, 0.5) is 14.5 Å². The van der Waals surface area contributed by atoms with Crippen molar-refractivity contribution in [1.82, 2.24) is 0 Å². The van der Waals surface area contributed by atoms with E-state index in [4.69, 9.17) is 10.00 Å². The van der Waals surface area contributed by atoms with Crippen LogP contribution < -0.4 is 4.90 Å². The normalized spacial score (nSPS) is 31.2. The van der Waals surface area contributed by atoms with E-state index in [1.54, 1.807) is 17.9 Å². The predicted octanol–water partition coefficient (Wildman–Crippen LogP) is 2.59. The first-order valence-electron chi connectivity index (χ1n) is 7.90. The Hall–Kier alpha value is -1.71. The fourth-order valence-electron chi connectivity index (χ4n) is 3.77. The number of hydrogen-bond donors (Lipinski definition) is 1. The van der Waals surface area contributed by atoms with E-state index in [1.807, 2.05) is 0 Å². The van der Waals surface area contributed by atoms with Gasteiger partial charge in [-0.3, -0.25) is 0 Å². The van der Waals surface area contributed by atoms with Crippen LogP contribution in [0, 0.1) is 28.9 Å². The Bertz CT molecular complexity index is 619. The molecule has 0 saturated carbocycles. The maximum Gasteiger partial charge on any atom is 0.150 e. The molecule has 2 fully saturated rings. The molecular formula is C17H20F2N2O2. The average molecular weight is 322 g/mol. The van der Waals surface area contributed by atoms with Crippen molar-refractivity contribution in [1.29, 1.82) is 5.26 Å². The van der Waals surface area contributed by atoms with E-state index < -0.39 is 17.2 Å². The molecule has 3 atom stereocenters. The first-order valence-corrected chi connectivity index (χ1v) is 7.90. The zero-order valence-electron chi connectivity index (χ0n) is 13.1. The SMILES string of the molecule is C[C@]1(O)CCOC[C@H]1[C@@H]1CCCN1c1c(F)cc(C#N)cc1F. The van der Waals surface area contributed by atoms with Gasteiger partial charge in [0.15, 0.2) is 11.6 Å². The summed E-state index contributed by atoms with van der Waals surface area (Å²) in [5.74, 6) is -1.66. The molecule has 0 aromatic heterocycles. The summed E-state index contributed by atoms with van der Waals surface area (Å²) < 4.78 is 34.2. The van der Waals surface area contributed by atoms with Crippen LogP contribution >= 0.6 is 0 Å². The van der Waals surface area contributed by atoms with Crippen molar-refractivity contribution in [3.63, 3.8) is 0 Å². The van der Waals surface area contributed by atoms with Gasteiger partial charge >= 0.3 is 0 Å². The van der Waals surface area contributed by atoms with Gasteiger partial charge in [-0.25, -0.2) is 8.78 Å². The molecule has 3 rings (SSSR count). The van der Waals surface area contributed by atoms with Gasteiger partial charge in [-0.1, -0.05) is 0 Å². The van der Waals surface area contributed by atoms with E-state index in [0.29, 0.717) is 26.2 Å². The molecule has 23 heavy (non-hydrogen) atoms. The summed E-state index contributed by atoms with van der Waals surface area (Å²) >= 11 is 0. The molecule has 2 heterocycles. The number of aliphatic hydroxyl groups is 1. The summed E-state index contributed by atoms with van der Waals surface area (Å²) in [6.07, 6.45) is 2.07. The number of benzene rings is 1. The third-order valence-corrected chi connectivity index (χ3v) is 5.05. The molecule has 0 bridgehead atoms. The van der Waals surface area contributed by atoms with E-state index in [-0.39, 0.29) is 23.2 Å². The Kier molecular flexibility index (Phi) is 4.26. The Morgan fingerprint density at radius 1 is 1.39 bits per heavy atom. The smallest absolute Gasteiger partial charge is 0.150 e. The van der Waals surface area contributed by atoms with Crippen LogP contribution in [0.3, 0.4) is 0 Å². The van der Waals surface area contributed by atoms with Crippen molar-refractivity contribution in [2.75, 3.05) is 24.7 Å². The van der Waals surface area contributed by atoms with Gasteiger partial charge in [0.1, 0.15) is 5.69 Å². The molecule has 1 N–H and O–H groups in total. The maximum absolute atomic E-state index is 14.4. The lowest BCUT2D eigenvalue weighted by molar-refractivity contribution is -0.108. The largest absolute Gasteiger partial charge is 0.390 e. The van der Waals surface area contributed by atoms with Gasteiger partial charge in [-0.15, -0.1) is 0 Å². The van der Waals surface area contributed by atoms with E-state index in [1.165, 1.54) is 0 Å². The van der Waals surface area contributed by atoms with Gasteiger partial charge in [0.05, 0.1) is 23.8 Å². The molecule has 1 aromatic rings. The third-order valence-electron chi connectivity index (χ3n) is 5.05. The van der Waals surface area contributed by atoms with E-state index in [2.05, 4.69) is 0 Å². The molecule has 0 unspecified atom stereocenters. The second kappa shape index (κ2) is 6.06. The monoisotopic (exact) mass is 322 g/mol. The van der Waals surface area contributed by atoms with Crippen molar-refractivity contribution in [2.24, 2.45) is 5.92 Å². The number of ether oxygens (including phenoxy) is 1. The number of halogens is 2. The zero-order valence-corrected chi connectivity index (χ0v) is 13.1. The van der Waals surface area contributed by atoms with Crippen molar-refractivity contribution in [3.05, 3.63) is 29.3 Å². The standard InChI is InChI=1S/C17H20F2N2O2/c1-17(22)4-6-23-10-12(17)15-3-2-5-21(15)16-13(18)7-11(9-20)8-14(16)19/h7-8,12,15,22H,2-6,10H2,1H3/t12-,15-,17-/m0/s1. The van der Waals surface area contributed by atoms with Crippen LogP contribution in [0.1, 0.15) is 31.7 Å². The highest BCUT2D eigenvalue weighted by Gasteiger charge is 2.45. The van der Waals surface area contributed by atoms with Crippen LogP contribution in [-0.2, 0) is 4.74 Å². The van der Waals surface area contributed by atoms with Crippen LogP contribution in [0.25, 0.3) is 0 Å². The Balaban J connectivity index is 1.95. The predicted molar refractivity (Wildman–Crippen MR) is 81.0 cm³/mol. The number of hydrogen-bond acceptors (Lipinski definition) is 4. The van der Waals surface area contributed by atoms with E-state index in [9.17, 15) is 13.9 Å². The Morgan fingerprint density at radius 2 is 2.09 bits per heavy atom. The van der Waals surface area contributed by atoms with E-state index >= 15 is 0 Å². The molecule has 0 spiro atoms. The summed E-state index contributed by atoms with van der Waals surface area (Å²) in [6.45, 7) is 3.17. The summed E-state index contributed by atoms with van der Waals surface area (Å²) in [6, 6.07) is 3.69. The first kappa shape index (κ1) is 16.2. The van der Waals surface area contributed by atoms with Gasteiger partial charge in [-0.2, -0.15) is 5.26 Å². The second-order valence-electron chi connectivity index (χ2n) is 6.59. The van der Waals surface area contributed by atoms with Crippen molar-refractivity contribution in [3.8, 4) is 6.07 Å². The highest BCUT2D eigenvalue weighted by atomic mass is 19.1. The highest BCUT2D eigenvalue weighted by Crippen LogP contribution is 2.39. The molecule has 124 valence electrons. The third kappa shape index (κ3) is 2.91. The summed E-state index contributed by atoms with van der Waals surface area (Å²) in [7, 11) is 0.